The van der Waals surface area contributed by atoms with Crippen LogP contribution in [0.5, 0.6) is 5.75 Å². The molecule has 0 aliphatic rings. The van der Waals surface area contributed by atoms with Gasteiger partial charge in [-0.25, -0.2) is 0 Å². The van der Waals surface area contributed by atoms with Crippen molar-refractivity contribution in [3.63, 3.8) is 0 Å². The molecule has 0 spiro atoms. The molecular formula is C10H6BrF3N2O2. The number of ether oxygens (including phenoxy) is 1. The summed E-state index contributed by atoms with van der Waals surface area (Å²) in [5.74, 6) is 0.402. The van der Waals surface area contributed by atoms with E-state index in [4.69, 9.17) is 4.52 Å². The lowest BCUT2D eigenvalue weighted by Gasteiger charge is -2.08. The highest BCUT2D eigenvalue weighted by Gasteiger charge is 2.31. The van der Waals surface area contributed by atoms with Gasteiger partial charge in [0.2, 0.25) is 11.7 Å². The number of nitrogens with zero attached hydrogens (tertiary/aromatic N) is 2. The van der Waals surface area contributed by atoms with Crippen LogP contribution in [0.1, 0.15) is 5.89 Å². The maximum Gasteiger partial charge on any atom is 0.573 e. The number of rotatable bonds is 3. The lowest BCUT2D eigenvalue weighted by Crippen LogP contribution is -2.16. The van der Waals surface area contributed by atoms with E-state index in [-0.39, 0.29) is 5.75 Å². The van der Waals surface area contributed by atoms with Gasteiger partial charge in [-0.05, 0) is 24.3 Å². The van der Waals surface area contributed by atoms with Crippen LogP contribution in [0, 0.1) is 0 Å². The molecule has 1 aromatic heterocycles. The van der Waals surface area contributed by atoms with Gasteiger partial charge in [0.15, 0.2) is 0 Å². The Kier molecular flexibility index (Phi) is 3.55. The van der Waals surface area contributed by atoms with Gasteiger partial charge in [0.25, 0.3) is 0 Å². The molecule has 0 aliphatic heterocycles. The monoisotopic (exact) mass is 322 g/mol. The third-order valence-electron chi connectivity index (χ3n) is 1.93. The molecule has 4 nitrogen and oxygen atoms in total. The number of alkyl halides is 4. The van der Waals surface area contributed by atoms with Crippen molar-refractivity contribution >= 4 is 15.9 Å². The van der Waals surface area contributed by atoms with E-state index in [0.717, 1.165) is 0 Å². The fourth-order valence-electron chi connectivity index (χ4n) is 1.23. The van der Waals surface area contributed by atoms with Gasteiger partial charge in [-0.3, -0.25) is 0 Å². The van der Waals surface area contributed by atoms with Gasteiger partial charge in [0, 0.05) is 5.56 Å². The van der Waals surface area contributed by atoms with Crippen molar-refractivity contribution in [1.82, 2.24) is 10.1 Å². The van der Waals surface area contributed by atoms with E-state index < -0.39 is 6.36 Å². The minimum absolute atomic E-state index is 0.296. The number of aromatic nitrogens is 2. The standard InChI is InChI=1S/C10H6BrF3N2O2/c11-5-8-15-9(16-18-8)6-1-3-7(4-2-6)17-10(12,13)14/h1-4H,5H2. The molecule has 1 heterocycles. The molecule has 0 fully saturated rings. The summed E-state index contributed by atoms with van der Waals surface area (Å²) < 4.78 is 44.4. The van der Waals surface area contributed by atoms with Crippen LogP contribution in [-0.4, -0.2) is 16.5 Å². The predicted octanol–water partition coefficient (Wildman–Crippen LogP) is 3.53. The molecule has 0 N–H and O–H groups in total. The second-order valence-electron chi connectivity index (χ2n) is 3.22. The molecule has 8 heteroatoms. The highest BCUT2D eigenvalue weighted by atomic mass is 79.9. The minimum atomic E-state index is -4.70. The van der Waals surface area contributed by atoms with Crippen molar-refractivity contribution in [3.05, 3.63) is 30.2 Å². The SMILES string of the molecule is FC(F)(F)Oc1ccc(-c2noc(CBr)n2)cc1. The highest BCUT2D eigenvalue weighted by molar-refractivity contribution is 9.08. The van der Waals surface area contributed by atoms with E-state index in [1.54, 1.807) is 0 Å². The lowest BCUT2D eigenvalue weighted by atomic mass is 10.2. The van der Waals surface area contributed by atoms with Gasteiger partial charge >= 0.3 is 6.36 Å². The molecule has 0 aliphatic carbocycles. The summed E-state index contributed by atoms with van der Waals surface area (Å²) in [5.41, 5.74) is 0.542. The van der Waals surface area contributed by atoms with Gasteiger partial charge in [0.1, 0.15) is 5.75 Å². The van der Waals surface area contributed by atoms with E-state index in [2.05, 4.69) is 30.8 Å². The Hall–Kier alpha value is -1.57. The zero-order valence-corrected chi connectivity index (χ0v) is 10.3. The van der Waals surface area contributed by atoms with E-state index >= 15 is 0 Å². The molecule has 0 radical (unpaired) electrons. The molecule has 18 heavy (non-hydrogen) atoms. The molecular weight excluding hydrogens is 317 g/mol. The first kappa shape index (κ1) is 12.9. The highest BCUT2D eigenvalue weighted by Crippen LogP contribution is 2.25. The smallest absolute Gasteiger partial charge is 0.406 e. The van der Waals surface area contributed by atoms with E-state index in [1.807, 2.05) is 0 Å². The van der Waals surface area contributed by atoms with Crippen LogP contribution in [-0.2, 0) is 5.33 Å². The summed E-state index contributed by atoms with van der Waals surface area (Å²) in [7, 11) is 0. The van der Waals surface area contributed by atoms with E-state index in [1.165, 1.54) is 24.3 Å². The van der Waals surface area contributed by atoms with Crippen LogP contribution in [0.2, 0.25) is 0 Å². The van der Waals surface area contributed by atoms with Crippen LogP contribution < -0.4 is 4.74 Å². The average Bonchev–Trinajstić information content (AvgIpc) is 2.76. The minimum Gasteiger partial charge on any atom is -0.406 e. The number of hydrogen-bond acceptors (Lipinski definition) is 4. The van der Waals surface area contributed by atoms with Crippen molar-refractivity contribution in [2.75, 3.05) is 0 Å². The van der Waals surface area contributed by atoms with Crippen molar-refractivity contribution in [3.8, 4) is 17.1 Å². The quantitative estimate of drug-likeness (QED) is 0.811. The largest absolute Gasteiger partial charge is 0.573 e. The van der Waals surface area contributed by atoms with Crippen molar-refractivity contribution in [2.45, 2.75) is 11.7 Å². The Morgan fingerprint density at radius 2 is 1.89 bits per heavy atom. The first-order chi connectivity index (χ1) is 8.48. The Balaban J connectivity index is 2.17. The molecule has 2 aromatic rings. The van der Waals surface area contributed by atoms with Crippen LogP contribution in [0.25, 0.3) is 11.4 Å². The molecule has 0 unspecified atom stereocenters. The number of hydrogen-bond donors (Lipinski definition) is 0. The van der Waals surface area contributed by atoms with Crippen LogP contribution in [0.15, 0.2) is 28.8 Å². The lowest BCUT2D eigenvalue weighted by molar-refractivity contribution is -0.274. The predicted molar refractivity (Wildman–Crippen MR) is 59.0 cm³/mol. The van der Waals surface area contributed by atoms with Crippen molar-refractivity contribution < 1.29 is 22.4 Å². The van der Waals surface area contributed by atoms with E-state index in [0.29, 0.717) is 22.6 Å². The second kappa shape index (κ2) is 4.97. The molecule has 0 saturated carbocycles. The van der Waals surface area contributed by atoms with Crippen molar-refractivity contribution in [2.24, 2.45) is 0 Å². The zero-order chi connectivity index (χ0) is 13.2. The van der Waals surface area contributed by atoms with E-state index in [9.17, 15) is 13.2 Å². The Bertz CT molecular complexity index is 525. The van der Waals surface area contributed by atoms with Crippen LogP contribution in [0.4, 0.5) is 13.2 Å². The summed E-state index contributed by atoms with van der Waals surface area (Å²) in [6, 6.07) is 5.22. The number of benzene rings is 1. The first-order valence-corrected chi connectivity index (χ1v) is 5.85. The fourth-order valence-corrected chi connectivity index (χ4v) is 1.46. The Labute approximate surface area is 108 Å². The third-order valence-corrected chi connectivity index (χ3v) is 2.41. The van der Waals surface area contributed by atoms with Gasteiger partial charge in [-0.2, -0.15) is 4.98 Å². The average molecular weight is 323 g/mol. The summed E-state index contributed by atoms with van der Waals surface area (Å²) >= 11 is 3.15. The second-order valence-corrected chi connectivity index (χ2v) is 3.78. The Morgan fingerprint density at radius 1 is 1.22 bits per heavy atom. The summed E-state index contributed by atoms with van der Waals surface area (Å²) in [6.07, 6.45) is -4.70. The number of halogens is 4. The first-order valence-electron chi connectivity index (χ1n) is 4.72. The van der Waals surface area contributed by atoms with Crippen LogP contribution >= 0.6 is 15.9 Å². The summed E-state index contributed by atoms with van der Waals surface area (Å²) in [6.45, 7) is 0. The molecule has 0 bridgehead atoms. The molecule has 0 atom stereocenters. The maximum absolute atomic E-state index is 11.9. The molecule has 1 aromatic carbocycles. The normalized spacial score (nSPS) is 11.6. The topological polar surface area (TPSA) is 48.2 Å². The molecule has 0 amide bonds. The third kappa shape index (κ3) is 3.22. The Morgan fingerprint density at radius 3 is 2.39 bits per heavy atom. The maximum atomic E-state index is 11.9. The van der Waals surface area contributed by atoms with Crippen LogP contribution in [0.3, 0.4) is 0 Å². The summed E-state index contributed by atoms with van der Waals surface area (Å²) in [4.78, 5) is 4.02. The fraction of sp³-hybridized carbons (Fsp3) is 0.200. The zero-order valence-electron chi connectivity index (χ0n) is 8.74. The van der Waals surface area contributed by atoms with Gasteiger partial charge in [0.05, 0.1) is 5.33 Å². The molecule has 0 saturated heterocycles. The molecule has 96 valence electrons. The summed E-state index contributed by atoms with van der Waals surface area (Å²) in [5, 5.41) is 4.09. The van der Waals surface area contributed by atoms with Crippen molar-refractivity contribution in [1.29, 1.82) is 0 Å². The van der Waals surface area contributed by atoms with Gasteiger partial charge in [-0.1, -0.05) is 21.1 Å². The van der Waals surface area contributed by atoms with Gasteiger partial charge < -0.3 is 9.26 Å². The van der Waals surface area contributed by atoms with Gasteiger partial charge in [-0.15, -0.1) is 13.2 Å². The molecule has 2 rings (SSSR count).